The summed E-state index contributed by atoms with van der Waals surface area (Å²) in [4.78, 5) is 10.7. The fourth-order valence-electron chi connectivity index (χ4n) is 1.69. The Kier molecular flexibility index (Phi) is 3.61. The van der Waals surface area contributed by atoms with E-state index in [0.717, 1.165) is 12.1 Å². The van der Waals surface area contributed by atoms with Gasteiger partial charge in [0.2, 0.25) is 20.7 Å². The molecule has 108 valence electrons. The van der Waals surface area contributed by atoms with Crippen LogP contribution in [0.2, 0.25) is 5.02 Å². The third-order valence-electron chi connectivity index (χ3n) is 2.69. The van der Waals surface area contributed by atoms with E-state index in [2.05, 4.69) is 5.10 Å². The Hall–Kier alpha value is -1.80. The van der Waals surface area contributed by atoms with Gasteiger partial charge in [0.15, 0.2) is 0 Å². The maximum atomic E-state index is 12.2. The van der Waals surface area contributed by atoms with Crippen LogP contribution in [0, 0.1) is 6.92 Å². The van der Waals surface area contributed by atoms with Crippen LogP contribution in [-0.4, -0.2) is 29.3 Å². The predicted molar refractivity (Wildman–Crippen MR) is 69.5 cm³/mol. The molecule has 0 fully saturated rings. The highest BCUT2D eigenvalue weighted by atomic mass is 35.5. The molecule has 2 rings (SSSR count). The summed E-state index contributed by atoms with van der Waals surface area (Å²) in [5.41, 5.74) is 0.836. The van der Waals surface area contributed by atoms with E-state index in [0.29, 0.717) is 11.4 Å². The van der Waals surface area contributed by atoms with E-state index in [4.69, 9.17) is 21.1 Å². The molecule has 0 unspecified atom stereocenters. The van der Waals surface area contributed by atoms with Gasteiger partial charge in [0.05, 0.1) is 16.4 Å². The fourth-order valence-corrected chi connectivity index (χ4v) is 3.32. The second kappa shape index (κ2) is 4.95. The van der Waals surface area contributed by atoms with Gasteiger partial charge >= 0.3 is 5.97 Å². The van der Waals surface area contributed by atoms with Crippen molar-refractivity contribution >= 4 is 27.4 Å². The van der Waals surface area contributed by atoms with Crippen LogP contribution in [0.15, 0.2) is 21.6 Å². The number of aryl methyl sites for hydroxylation is 2. The third kappa shape index (κ3) is 2.56. The summed E-state index contributed by atoms with van der Waals surface area (Å²) >= 11 is 5.99. The van der Waals surface area contributed by atoms with Crippen molar-refractivity contribution in [2.45, 2.75) is 17.8 Å². The molecule has 0 aliphatic carbocycles. The quantitative estimate of drug-likeness (QED) is 0.919. The van der Waals surface area contributed by atoms with Crippen molar-refractivity contribution in [2.24, 2.45) is 7.05 Å². The first-order valence-electron chi connectivity index (χ1n) is 5.46. The van der Waals surface area contributed by atoms with Gasteiger partial charge in [-0.15, -0.1) is 0 Å². The number of carbonyl (C=O) groups is 1. The van der Waals surface area contributed by atoms with Crippen molar-refractivity contribution < 1.29 is 22.7 Å². The maximum absolute atomic E-state index is 12.2. The topological polar surface area (TPSA) is 102 Å². The minimum atomic E-state index is -3.83. The van der Waals surface area contributed by atoms with E-state index in [1.807, 2.05) is 0 Å². The molecule has 0 amide bonds. The molecule has 7 nitrogen and oxygen atoms in total. The van der Waals surface area contributed by atoms with Crippen molar-refractivity contribution in [2.75, 3.05) is 0 Å². The van der Waals surface area contributed by atoms with E-state index >= 15 is 0 Å². The van der Waals surface area contributed by atoms with Crippen LogP contribution < -0.4 is 0 Å². The molecule has 0 spiro atoms. The monoisotopic (exact) mass is 318 g/mol. The number of aromatic nitrogens is 2. The number of halogens is 1. The Balaban J connectivity index is 2.38. The minimum Gasteiger partial charge on any atom is -0.475 e. The van der Waals surface area contributed by atoms with Gasteiger partial charge in [0.25, 0.3) is 0 Å². The summed E-state index contributed by atoms with van der Waals surface area (Å²) < 4.78 is 30.5. The van der Waals surface area contributed by atoms with Crippen LogP contribution in [0.4, 0.5) is 0 Å². The van der Waals surface area contributed by atoms with Crippen molar-refractivity contribution in [1.29, 1.82) is 0 Å². The number of hydrogen-bond donors (Lipinski definition) is 1. The molecule has 0 atom stereocenters. The second-order valence-electron chi connectivity index (χ2n) is 4.15. The largest absolute Gasteiger partial charge is 0.475 e. The number of aromatic carboxylic acids is 1. The highest BCUT2D eigenvalue weighted by Gasteiger charge is 2.25. The van der Waals surface area contributed by atoms with Crippen molar-refractivity contribution in [3.8, 4) is 0 Å². The number of carboxylic acids is 1. The standard InChI is InChI=1S/C11H11ClN2O5S/c1-6-10(12)7(14(2)13-6)5-20(17,18)9-4-3-8(19-9)11(15)16/h3-4H,5H2,1-2H3,(H,15,16). The molecule has 2 heterocycles. The Bertz CT molecular complexity index is 775. The highest BCUT2D eigenvalue weighted by Crippen LogP contribution is 2.25. The van der Waals surface area contributed by atoms with Crippen LogP contribution in [0.1, 0.15) is 21.9 Å². The van der Waals surface area contributed by atoms with Crippen molar-refractivity contribution in [3.63, 3.8) is 0 Å². The van der Waals surface area contributed by atoms with E-state index in [9.17, 15) is 13.2 Å². The Morgan fingerprint density at radius 1 is 1.50 bits per heavy atom. The smallest absolute Gasteiger partial charge is 0.371 e. The molecular weight excluding hydrogens is 308 g/mol. The van der Waals surface area contributed by atoms with Gasteiger partial charge in [-0.2, -0.15) is 5.10 Å². The summed E-state index contributed by atoms with van der Waals surface area (Å²) in [5.74, 6) is -2.19. The normalized spacial score (nSPS) is 11.8. The summed E-state index contributed by atoms with van der Waals surface area (Å²) in [6.45, 7) is 1.66. The molecule has 2 aromatic rings. The lowest BCUT2D eigenvalue weighted by molar-refractivity contribution is 0.0656. The lowest BCUT2D eigenvalue weighted by Gasteiger charge is -2.03. The Labute approximate surface area is 119 Å². The van der Waals surface area contributed by atoms with E-state index in [1.54, 1.807) is 14.0 Å². The zero-order valence-electron chi connectivity index (χ0n) is 10.6. The summed E-state index contributed by atoms with van der Waals surface area (Å²) in [6.07, 6.45) is 0. The maximum Gasteiger partial charge on any atom is 0.371 e. The molecule has 2 aromatic heterocycles. The number of nitrogens with zero attached hydrogens (tertiary/aromatic N) is 2. The molecule has 0 aliphatic rings. The summed E-state index contributed by atoms with van der Waals surface area (Å²) in [7, 11) is -2.26. The summed E-state index contributed by atoms with van der Waals surface area (Å²) in [5, 5.41) is 12.6. The zero-order valence-corrected chi connectivity index (χ0v) is 12.2. The molecule has 9 heteroatoms. The van der Waals surface area contributed by atoms with Crippen LogP contribution in [0.3, 0.4) is 0 Å². The van der Waals surface area contributed by atoms with Gasteiger partial charge in [-0.1, -0.05) is 11.6 Å². The molecular formula is C11H11ClN2O5S. The number of furan rings is 1. The fraction of sp³-hybridized carbons (Fsp3) is 0.273. The molecule has 0 aliphatic heterocycles. The molecule has 0 bridgehead atoms. The Morgan fingerprint density at radius 3 is 2.60 bits per heavy atom. The second-order valence-corrected chi connectivity index (χ2v) is 6.45. The minimum absolute atomic E-state index is 0.265. The molecule has 0 saturated heterocycles. The SMILES string of the molecule is Cc1nn(C)c(CS(=O)(=O)c2ccc(C(=O)O)o2)c1Cl. The van der Waals surface area contributed by atoms with Gasteiger partial charge in [-0.05, 0) is 19.1 Å². The van der Waals surface area contributed by atoms with Crippen LogP contribution in [-0.2, 0) is 22.6 Å². The zero-order chi connectivity index (χ0) is 15.1. The van der Waals surface area contributed by atoms with Gasteiger partial charge in [-0.25, -0.2) is 13.2 Å². The van der Waals surface area contributed by atoms with Crippen molar-refractivity contribution in [3.05, 3.63) is 34.3 Å². The Morgan fingerprint density at radius 2 is 2.15 bits per heavy atom. The molecule has 20 heavy (non-hydrogen) atoms. The number of sulfone groups is 1. The average molecular weight is 319 g/mol. The predicted octanol–water partition coefficient (Wildman–Crippen LogP) is 1.65. The first-order chi connectivity index (χ1) is 9.22. The first-order valence-corrected chi connectivity index (χ1v) is 7.49. The van der Waals surface area contributed by atoms with Gasteiger partial charge in [-0.3, -0.25) is 4.68 Å². The van der Waals surface area contributed by atoms with Crippen LogP contribution in [0.5, 0.6) is 0 Å². The lowest BCUT2D eigenvalue weighted by atomic mass is 10.4. The van der Waals surface area contributed by atoms with E-state index < -0.39 is 32.4 Å². The number of carboxylic acid groups (broad SMARTS) is 1. The third-order valence-corrected chi connectivity index (χ3v) is 4.66. The van der Waals surface area contributed by atoms with Crippen LogP contribution >= 0.6 is 11.6 Å². The molecule has 0 aromatic carbocycles. The van der Waals surface area contributed by atoms with Gasteiger partial charge in [0, 0.05) is 7.05 Å². The highest BCUT2D eigenvalue weighted by molar-refractivity contribution is 7.90. The molecule has 0 radical (unpaired) electrons. The van der Waals surface area contributed by atoms with Crippen molar-refractivity contribution in [1.82, 2.24) is 9.78 Å². The first kappa shape index (κ1) is 14.6. The molecule has 1 N–H and O–H groups in total. The average Bonchev–Trinajstić information content (AvgIpc) is 2.92. The van der Waals surface area contributed by atoms with Gasteiger partial charge in [0.1, 0.15) is 5.75 Å². The summed E-state index contributed by atoms with van der Waals surface area (Å²) in [6, 6.07) is 2.20. The van der Waals surface area contributed by atoms with Gasteiger partial charge < -0.3 is 9.52 Å². The molecule has 0 saturated carbocycles. The number of rotatable bonds is 4. The van der Waals surface area contributed by atoms with Crippen LogP contribution in [0.25, 0.3) is 0 Å². The lowest BCUT2D eigenvalue weighted by Crippen LogP contribution is -2.08. The van der Waals surface area contributed by atoms with E-state index in [-0.39, 0.29) is 5.02 Å². The number of hydrogen-bond acceptors (Lipinski definition) is 5. The van der Waals surface area contributed by atoms with E-state index in [1.165, 1.54) is 4.68 Å².